The van der Waals surface area contributed by atoms with Crippen LogP contribution in [0.1, 0.15) is 11.1 Å². The molecule has 0 unspecified atom stereocenters. The number of hydrogen-bond acceptors (Lipinski definition) is 0. The Bertz CT molecular complexity index is 2360. The average molecular weight is 437 g/mol. The second kappa shape index (κ2) is 4.85. The van der Waals surface area contributed by atoms with E-state index in [0.29, 0.717) is 0 Å². The number of benzene rings is 8. The second-order valence-electron chi connectivity index (χ2n) is 10.8. The summed E-state index contributed by atoms with van der Waals surface area (Å²) in [7, 11) is 0. The van der Waals surface area contributed by atoms with Crippen LogP contribution in [0, 0.1) is 0 Å². The van der Waals surface area contributed by atoms with Crippen LogP contribution in [0.3, 0.4) is 0 Å². The zero-order valence-electron chi connectivity index (χ0n) is 18.8. The van der Waals surface area contributed by atoms with Crippen molar-refractivity contribution in [3.63, 3.8) is 0 Å². The first-order valence-electron chi connectivity index (χ1n) is 12.6. The van der Waals surface area contributed by atoms with Crippen LogP contribution >= 0.6 is 0 Å². The van der Waals surface area contributed by atoms with Crippen molar-refractivity contribution in [1.29, 1.82) is 0 Å². The van der Waals surface area contributed by atoms with Crippen molar-refractivity contribution in [2.45, 2.75) is 6.42 Å². The monoisotopic (exact) mass is 436 g/mol. The third kappa shape index (κ3) is 1.50. The van der Waals surface area contributed by atoms with Crippen LogP contribution in [0.15, 0.2) is 84.9 Å². The summed E-state index contributed by atoms with van der Waals surface area (Å²) >= 11 is 0. The van der Waals surface area contributed by atoms with Crippen LogP contribution in [-0.4, -0.2) is 0 Å². The van der Waals surface area contributed by atoms with Gasteiger partial charge < -0.3 is 0 Å². The summed E-state index contributed by atoms with van der Waals surface area (Å²) in [5.41, 5.74) is 3.02. The fourth-order valence-electron chi connectivity index (χ4n) is 8.20. The molecule has 0 radical (unpaired) electrons. The van der Waals surface area contributed by atoms with Gasteiger partial charge in [-0.1, -0.05) is 60.7 Å². The molecule has 0 saturated carbocycles. The van der Waals surface area contributed by atoms with E-state index in [1.165, 1.54) is 108 Å². The maximum Gasteiger partial charge on any atom is -0.000440 e. The van der Waals surface area contributed by atoms with Crippen LogP contribution in [-0.2, 0) is 6.42 Å². The summed E-state index contributed by atoms with van der Waals surface area (Å²) in [5.74, 6) is 0. The van der Waals surface area contributed by atoms with Gasteiger partial charge in [0.1, 0.15) is 0 Å². The van der Waals surface area contributed by atoms with Gasteiger partial charge in [-0.3, -0.25) is 0 Å². The lowest BCUT2D eigenvalue weighted by Crippen LogP contribution is -1.84. The van der Waals surface area contributed by atoms with Crippen LogP contribution in [0.4, 0.5) is 0 Å². The Labute approximate surface area is 199 Å². The molecule has 10 aromatic rings. The Kier molecular flexibility index (Phi) is 2.25. The van der Waals surface area contributed by atoms with Crippen LogP contribution in [0.25, 0.3) is 97.0 Å². The Hall–Kier alpha value is -4.42. The number of fused-ring (bicyclic) bond motifs is 6. The minimum atomic E-state index is 1.03. The van der Waals surface area contributed by atoms with Crippen LogP contribution in [0.2, 0.25) is 0 Å². The molecule has 0 N–H and O–H groups in total. The quantitative estimate of drug-likeness (QED) is 0.208. The summed E-state index contributed by atoms with van der Waals surface area (Å²) < 4.78 is 0. The van der Waals surface area contributed by atoms with Crippen molar-refractivity contribution >= 4 is 97.0 Å². The van der Waals surface area contributed by atoms with Crippen molar-refractivity contribution in [3.05, 3.63) is 96.1 Å². The molecule has 0 atom stereocenters. The van der Waals surface area contributed by atoms with Gasteiger partial charge in [0, 0.05) is 0 Å². The second-order valence-corrected chi connectivity index (χ2v) is 10.8. The van der Waals surface area contributed by atoms with E-state index in [1.807, 2.05) is 0 Å². The molecule has 0 aliphatic heterocycles. The summed E-state index contributed by atoms with van der Waals surface area (Å²) in [6.07, 6.45) is 1.03. The molecule has 0 saturated heterocycles. The molecule has 0 nitrogen and oxygen atoms in total. The molecule has 1 aliphatic carbocycles. The smallest absolute Gasteiger partial charge is 0.000440 e. The number of rotatable bonds is 0. The lowest BCUT2D eigenvalue weighted by atomic mass is 9.91. The fraction of sp³-hybridized carbons (Fsp3) is 0.0286. The highest BCUT2D eigenvalue weighted by atomic mass is 14.3. The van der Waals surface area contributed by atoms with Gasteiger partial charge in [0.05, 0.1) is 0 Å². The Morgan fingerprint density at radius 2 is 0.771 bits per heavy atom. The summed E-state index contributed by atoms with van der Waals surface area (Å²) in [4.78, 5) is 0. The third-order valence-electron chi connectivity index (χ3n) is 9.37. The molecule has 0 bridgehead atoms. The van der Waals surface area contributed by atoms with E-state index in [1.54, 1.807) is 0 Å². The van der Waals surface area contributed by atoms with Crippen molar-refractivity contribution in [3.8, 4) is 0 Å². The van der Waals surface area contributed by atoms with E-state index in [-0.39, 0.29) is 0 Å². The molecule has 1 aliphatic rings. The molecule has 0 aromatic heterocycles. The van der Waals surface area contributed by atoms with Crippen LogP contribution in [0.5, 0.6) is 0 Å². The van der Waals surface area contributed by atoms with Gasteiger partial charge in [-0.15, -0.1) is 0 Å². The summed E-state index contributed by atoms with van der Waals surface area (Å²) in [5, 5.41) is 26.1. The first-order valence-corrected chi connectivity index (χ1v) is 12.6. The molecular formula is C35H16. The molecule has 0 amide bonds. The van der Waals surface area contributed by atoms with E-state index in [9.17, 15) is 0 Å². The zero-order valence-corrected chi connectivity index (χ0v) is 18.8. The topological polar surface area (TPSA) is 0 Å². The van der Waals surface area contributed by atoms with E-state index in [4.69, 9.17) is 0 Å². The van der Waals surface area contributed by atoms with Gasteiger partial charge >= 0.3 is 0 Å². The SMILES string of the molecule is c1ccc2c(c1)cc1c3ccc4c5cc6ccccc6c6cc7c8c9c(cc2c1c9c3c4c8c65)C7. The first-order chi connectivity index (χ1) is 17.4. The van der Waals surface area contributed by atoms with Gasteiger partial charge in [0.25, 0.3) is 0 Å². The van der Waals surface area contributed by atoms with Crippen molar-refractivity contribution in [2.24, 2.45) is 0 Å². The molecule has 35 heavy (non-hydrogen) atoms. The summed E-state index contributed by atoms with van der Waals surface area (Å²) in [6.45, 7) is 0. The Morgan fingerprint density at radius 3 is 1.29 bits per heavy atom. The number of hydrogen-bond donors (Lipinski definition) is 0. The molecular weight excluding hydrogens is 420 g/mol. The lowest BCUT2D eigenvalue weighted by Gasteiger charge is -2.11. The van der Waals surface area contributed by atoms with Crippen molar-refractivity contribution in [2.75, 3.05) is 0 Å². The Morgan fingerprint density at radius 1 is 0.314 bits per heavy atom. The van der Waals surface area contributed by atoms with E-state index in [2.05, 4.69) is 84.9 Å². The van der Waals surface area contributed by atoms with E-state index in [0.717, 1.165) is 6.42 Å². The molecule has 0 heterocycles. The van der Waals surface area contributed by atoms with Crippen molar-refractivity contribution < 1.29 is 0 Å². The van der Waals surface area contributed by atoms with E-state index >= 15 is 0 Å². The highest BCUT2D eigenvalue weighted by molar-refractivity contribution is 6.54. The van der Waals surface area contributed by atoms with Gasteiger partial charge in [-0.05, 0) is 139 Å². The predicted molar refractivity (Wildman–Crippen MR) is 152 cm³/mol. The maximum absolute atomic E-state index is 2.53. The third-order valence-corrected chi connectivity index (χ3v) is 9.37. The van der Waals surface area contributed by atoms with Gasteiger partial charge in [-0.25, -0.2) is 0 Å². The molecule has 10 aromatic carbocycles. The van der Waals surface area contributed by atoms with Crippen LogP contribution < -0.4 is 0 Å². The maximum atomic E-state index is 2.53. The Balaban J connectivity index is 1.59. The van der Waals surface area contributed by atoms with Gasteiger partial charge in [0.2, 0.25) is 0 Å². The van der Waals surface area contributed by atoms with E-state index < -0.39 is 0 Å². The highest BCUT2D eigenvalue weighted by Gasteiger charge is 2.31. The molecule has 0 heteroatoms. The minimum absolute atomic E-state index is 1.03. The standard InChI is InChI=1S/C35H16/c1-3-7-20-16(5-1)12-26-22-9-10-23-27-13-17-6-2-4-8-21(17)25-15-19-11-18-14-24(20)30(26)34-28(18)29(19)35(31(25)27)33(23)32(22)34/h1-10,12-15H,11H2. The van der Waals surface area contributed by atoms with Crippen molar-refractivity contribution in [1.82, 2.24) is 0 Å². The molecule has 0 spiro atoms. The zero-order chi connectivity index (χ0) is 22.2. The largest absolute Gasteiger partial charge is 0.0616 e. The average Bonchev–Trinajstić information content (AvgIpc) is 3.53. The molecule has 0 fully saturated rings. The fourth-order valence-corrected chi connectivity index (χ4v) is 8.20. The minimum Gasteiger partial charge on any atom is -0.0616 e. The highest BCUT2D eigenvalue weighted by Crippen LogP contribution is 2.58. The van der Waals surface area contributed by atoms with Gasteiger partial charge in [-0.2, -0.15) is 0 Å². The molecule has 156 valence electrons. The molecule has 11 rings (SSSR count). The van der Waals surface area contributed by atoms with Gasteiger partial charge in [0.15, 0.2) is 0 Å². The predicted octanol–water partition coefficient (Wildman–Crippen LogP) is 9.72. The summed E-state index contributed by atoms with van der Waals surface area (Å²) in [6, 6.07) is 32.7. The normalized spacial score (nSPS) is 14.2. The first kappa shape index (κ1) is 16.2. The lowest BCUT2D eigenvalue weighted by molar-refractivity contribution is 1.29.